The topological polar surface area (TPSA) is 46.9 Å². The fourth-order valence-corrected chi connectivity index (χ4v) is 3.04. The molecule has 1 fully saturated rings. The highest BCUT2D eigenvalue weighted by Crippen LogP contribution is 2.18. The molecule has 1 aliphatic heterocycles. The number of piperazine rings is 1. The number of aromatic nitrogens is 1. The van der Waals surface area contributed by atoms with Crippen LogP contribution in [-0.4, -0.2) is 43.1 Å². The lowest BCUT2D eigenvalue weighted by molar-refractivity contribution is -0.364. The van der Waals surface area contributed by atoms with E-state index in [1.54, 1.807) is 0 Å². The van der Waals surface area contributed by atoms with Crippen LogP contribution in [0.25, 0.3) is 0 Å². The van der Waals surface area contributed by atoms with Gasteiger partial charge in [-0.3, -0.25) is 9.69 Å². The number of nitrogens with zero attached hydrogens (tertiary/aromatic N) is 2. The number of amides is 1. The number of rotatable bonds is 4. The molecule has 126 valence electrons. The SMILES string of the molecule is C[C@@H](Oc1ccc(Br)cc1)C(=O)N1CCN(c2cccc[nH+]2)CC1. The van der Waals surface area contributed by atoms with Crippen LogP contribution < -0.4 is 14.6 Å². The Hall–Kier alpha value is -2.08. The van der Waals surface area contributed by atoms with Crippen LogP contribution in [0.5, 0.6) is 5.75 Å². The van der Waals surface area contributed by atoms with Crippen LogP contribution in [0.2, 0.25) is 0 Å². The Morgan fingerprint density at radius 1 is 1.12 bits per heavy atom. The molecule has 3 rings (SSSR count). The molecule has 2 heterocycles. The van der Waals surface area contributed by atoms with Crippen molar-refractivity contribution in [2.45, 2.75) is 13.0 Å². The summed E-state index contributed by atoms with van der Waals surface area (Å²) in [5, 5.41) is 0. The van der Waals surface area contributed by atoms with E-state index < -0.39 is 6.10 Å². The van der Waals surface area contributed by atoms with Gasteiger partial charge in [-0.1, -0.05) is 22.0 Å². The van der Waals surface area contributed by atoms with Crippen LogP contribution in [0.3, 0.4) is 0 Å². The van der Waals surface area contributed by atoms with E-state index in [1.165, 1.54) is 0 Å². The second-order valence-electron chi connectivity index (χ2n) is 5.77. The average molecular weight is 391 g/mol. The average Bonchev–Trinajstić information content (AvgIpc) is 2.64. The zero-order valence-electron chi connectivity index (χ0n) is 13.6. The summed E-state index contributed by atoms with van der Waals surface area (Å²) in [5.74, 6) is 1.83. The number of nitrogens with one attached hydrogen (secondary N) is 1. The Kier molecular flexibility index (Phi) is 5.35. The van der Waals surface area contributed by atoms with Crippen molar-refractivity contribution in [2.75, 3.05) is 31.1 Å². The maximum absolute atomic E-state index is 12.6. The molecule has 1 atom stereocenters. The standard InChI is InChI=1S/C18H20BrN3O2/c1-14(24-16-7-5-15(19)6-8-16)18(23)22-12-10-21(11-13-22)17-4-2-3-9-20-17/h2-9,14H,10-13H2,1H3/p+1/t14-/m1/s1. The number of pyridine rings is 1. The van der Waals surface area contributed by atoms with Crippen molar-refractivity contribution in [1.29, 1.82) is 0 Å². The number of hydrogen-bond donors (Lipinski definition) is 0. The molecule has 1 amide bonds. The van der Waals surface area contributed by atoms with Crippen LogP contribution in [0, 0.1) is 0 Å². The molecule has 1 aromatic heterocycles. The minimum atomic E-state index is -0.485. The summed E-state index contributed by atoms with van der Waals surface area (Å²) in [4.78, 5) is 19.9. The highest BCUT2D eigenvalue weighted by Gasteiger charge is 2.29. The minimum Gasteiger partial charge on any atom is -0.481 e. The zero-order chi connectivity index (χ0) is 16.9. The normalized spacial score (nSPS) is 15.9. The molecule has 1 saturated heterocycles. The molecule has 1 N–H and O–H groups in total. The Bertz CT molecular complexity index is 670. The van der Waals surface area contributed by atoms with Crippen LogP contribution in [0.4, 0.5) is 5.82 Å². The van der Waals surface area contributed by atoms with Crippen molar-refractivity contribution in [1.82, 2.24) is 4.90 Å². The number of carbonyl (C=O) groups is 1. The van der Waals surface area contributed by atoms with E-state index in [0.29, 0.717) is 18.8 Å². The highest BCUT2D eigenvalue weighted by atomic mass is 79.9. The van der Waals surface area contributed by atoms with Crippen LogP contribution in [-0.2, 0) is 4.79 Å². The highest BCUT2D eigenvalue weighted by molar-refractivity contribution is 9.10. The van der Waals surface area contributed by atoms with Crippen molar-refractivity contribution in [3.63, 3.8) is 0 Å². The van der Waals surface area contributed by atoms with Crippen molar-refractivity contribution in [2.24, 2.45) is 0 Å². The number of carbonyl (C=O) groups excluding carboxylic acids is 1. The van der Waals surface area contributed by atoms with E-state index in [4.69, 9.17) is 4.74 Å². The van der Waals surface area contributed by atoms with Gasteiger partial charge in [-0.2, -0.15) is 0 Å². The summed E-state index contributed by atoms with van der Waals surface area (Å²) in [6, 6.07) is 13.6. The number of H-pyrrole nitrogens is 1. The summed E-state index contributed by atoms with van der Waals surface area (Å²) in [6.45, 7) is 4.85. The van der Waals surface area contributed by atoms with Crippen molar-refractivity contribution < 1.29 is 14.5 Å². The molecule has 6 heteroatoms. The third-order valence-corrected chi connectivity index (χ3v) is 4.63. The Morgan fingerprint density at radius 2 is 1.83 bits per heavy atom. The molecule has 5 nitrogen and oxygen atoms in total. The lowest BCUT2D eigenvalue weighted by Gasteiger charge is -2.32. The van der Waals surface area contributed by atoms with Crippen molar-refractivity contribution in [3.8, 4) is 5.75 Å². The Morgan fingerprint density at radius 3 is 2.46 bits per heavy atom. The number of benzene rings is 1. The molecule has 0 aliphatic carbocycles. The molecule has 0 bridgehead atoms. The monoisotopic (exact) mass is 390 g/mol. The Labute approximate surface area is 150 Å². The van der Waals surface area contributed by atoms with E-state index in [2.05, 4.69) is 31.9 Å². The third kappa shape index (κ3) is 4.06. The number of ether oxygens (including phenoxy) is 1. The van der Waals surface area contributed by atoms with Gasteiger partial charge in [0.25, 0.3) is 11.7 Å². The molecule has 2 aromatic rings. The molecule has 0 saturated carbocycles. The van der Waals surface area contributed by atoms with E-state index in [1.807, 2.05) is 54.4 Å². The first kappa shape index (κ1) is 16.8. The first-order valence-electron chi connectivity index (χ1n) is 8.06. The molecule has 0 unspecified atom stereocenters. The molecule has 0 radical (unpaired) electrons. The second kappa shape index (κ2) is 7.66. The number of aromatic amines is 1. The predicted octanol–water partition coefficient (Wildman–Crippen LogP) is 2.38. The van der Waals surface area contributed by atoms with E-state index in [0.717, 1.165) is 23.4 Å². The van der Waals surface area contributed by atoms with Gasteiger partial charge in [0.2, 0.25) is 0 Å². The molecule has 1 aliphatic rings. The first-order valence-corrected chi connectivity index (χ1v) is 8.85. The Balaban J connectivity index is 1.53. The second-order valence-corrected chi connectivity index (χ2v) is 6.69. The number of hydrogen-bond acceptors (Lipinski definition) is 3. The van der Waals surface area contributed by atoms with Gasteiger partial charge < -0.3 is 9.64 Å². The van der Waals surface area contributed by atoms with Gasteiger partial charge in [-0.15, -0.1) is 0 Å². The quantitative estimate of drug-likeness (QED) is 0.804. The van der Waals surface area contributed by atoms with Gasteiger partial charge >= 0.3 is 0 Å². The molecule has 1 aromatic carbocycles. The van der Waals surface area contributed by atoms with Gasteiger partial charge in [0.1, 0.15) is 18.8 Å². The summed E-state index contributed by atoms with van der Waals surface area (Å²) in [7, 11) is 0. The van der Waals surface area contributed by atoms with Gasteiger partial charge in [0.05, 0.1) is 19.3 Å². The summed E-state index contributed by atoms with van der Waals surface area (Å²) < 4.78 is 6.75. The van der Waals surface area contributed by atoms with Crippen LogP contribution in [0.1, 0.15) is 6.92 Å². The van der Waals surface area contributed by atoms with Crippen LogP contribution >= 0.6 is 15.9 Å². The van der Waals surface area contributed by atoms with Gasteiger partial charge in [0.15, 0.2) is 6.10 Å². The molecule has 24 heavy (non-hydrogen) atoms. The minimum absolute atomic E-state index is 0.0367. The third-order valence-electron chi connectivity index (χ3n) is 4.10. The van der Waals surface area contributed by atoms with E-state index in [9.17, 15) is 4.79 Å². The molecular weight excluding hydrogens is 370 g/mol. The van der Waals surface area contributed by atoms with Crippen LogP contribution in [0.15, 0.2) is 53.1 Å². The maximum Gasteiger partial charge on any atom is 0.274 e. The lowest BCUT2D eigenvalue weighted by atomic mass is 10.2. The fourth-order valence-electron chi connectivity index (χ4n) is 2.77. The van der Waals surface area contributed by atoms with Crippen molar-refractivity contribution >= 4 is 27.7 Å². The smallest absolute Gasteiger partial charge is 0.274 e. The van der Waals surface area contributed by atoms with Crippen molar-refractivity contribution in [3.05, 3.63) is 53.1 Å². The maximum atomic E-state index is 12.6. The predicted molar refractivity (Wildman–Crippen MR) is 96.0 cm³/mol. The molecule has 0 spiro atoms. The largest absolute Gasteiger partial charge is 0.481 e. The van der Waals surface area contributed by atoms with E-state index >= 15 is 0 Å². The number of anilines is 1. The van der Waals surface area contributed by atoms with E-state index in [-0.39, 0.29) is 5.91 Å². The first-order chi connectivity index (χ1) is 11.6. The summed E-state index contributed by atoms with van der Waals surface area (Å²) in [6.07, 6.45) is 1.43. The lowest BCUT2D eigenvalue weighted by Crippen LogP contribution is -2.52. The van der Waals surface area contributed by atoms with Gasteiger partial charge in [-0.05, 0) is 37.3 Å². The fraction of sp³-hybridized carbons (Fsp3) is 0.333. The summed E-state index contributed by atoms with van der Waals surface area (Å²) in [5.41, 5.74) is 0. The van der Waals surface area contributed by atoms with Gasteiger partial charge in [0, 0.05) is 10.5 Å². The van der Waals surface area contributed by atoms with Gasteiger partial charge in [-0.25, -0.2) is 4.98 Å². The summed E-state index contributed by atoms with van der Waals surface area (Å²) >= 11 is 3.39. The molecular formula is C18H21BrN3O2+. The number of halogens is 1. The zero-order valence-corrected chi connectivity index (χ0v) is 15.2.